The molecule has 3 rings (SSSR count). The van der Waals surface area contributed by atoms with Gasteiger partial charge in [0.05, 0.1) is 10.7 Å². The molecule has 1 fully saturated rings. The molecule has 7 heteroatoms. The maximum absolute atomic E-state index is 13.4. The van der Waals surface area contributed by atoms with Gasteiger partial charge in [0.1, 0.15) is 5.82 Å². The number of rotatable bonds is 5. The van der Waals surface area contributed by atoms with Crippen molar-refractivity contribution in [2.45, 2.75) is 26.3 Å². The number of urea groups is 1. The monoisotopic (exact) mass is 336 g/mol. The van der Waals surface area contributed by atoms with E-state index in [1.807, 2.05) is 16.9 Å². The predicted molar refractivity (Wildman–Crippen MR) is 87.1 cm³/mol. The van der Waals surface area contributed by atoms with Gasteiger partial charge in [0.25, 0.3) is 0 Å². The third-order valence-electron chi connectivity index (χ3n) is 4.13. The highest BCUT2D eigenvalue weighted by atomic mass is 35.5. The van der Waals surface area contributed by atoms with Gasteiger partial charge in [0, 0.05) is 30.9 Å². The Hall–Kier alpha value is -2.08. The smallest absolute Gasteiger partial charge is 0.319 e. The lowest BCUT2D eigenvalue weighted by Crippen LogP contribution is -2.35. The van der Waals surface area contributed by atoms with Crippen LogP contribution in [0.1, 0.15) is 18.4 Å². The maximum Gasteiger partial charge on any atom is 0.319 e. The van der Waals surface area contributed by atoms with E-state index in [0.717, 1.165) is 19.4 Å². The fourth-order valence-corrected chi connectivity index (χ4v) is 2.69. The van der Waals surface area contributed by atoms with Crippen LogP contribution < -0.4 is 10.6 Å². The fraction of sp³-hybridized carbons (Fsp3) is 0.375. The maximum atomic E-state index is 13.4. The molecule has 1 aromatic carbocycles. The second-order valence-electron chi connectivity index (χ2n) is 6.09. The van der Waals surface area contributed by atoms with Gasteiger partial charge in [-0.15, -0.1) is 0 Å². The van der Waals surface area contributed by atoms with Gasteiger partial charge in [-0.05, 0) is 43.5 Å². The molecule has 2 aromatic rings. The molecule has 0 atom stereocenters. The van der Waals surface area contributed by atoms with Crippen LogP contribution in [0.3, 0.4) is 0 Å². The number of aryl methyl sites for hydroxylation is 1. The summed E-state index contributed by atoms with van der Waals surface area (Å²) in [5.74, 6) is -0.392. The van der Waals surface area contributed by atoms with Crippen LogP contribution in [-0.2, 0) is 6.54 Å². The molecule has 1 saturated carbocycles. The normalized spacial score (nSPS) is 15.3. The summed E-state index contributed by atoms with van der Waals surface area (Å²) < 4.78 is 15.3. The Bertz CT molecular complexity index is 713. The van der Waals surface area contributed by atoms with E-state index < -0.39 is 5.82 Å². The number of carbonyl (C=O) groups is 1. The number of hydrogen-bond donors (Lipinski definition) is 2. The number of nitrogens with zero attached hydrogens (tertiary/aromatic N) is 2. The van der Waals surface area contributed by atoms with Gasteiger partial charge in [-0.2, -0.15) is 5.10 Å². The number of carbonyl (C=O) groups excluding carboxylic acids is 1. The third-order valence-corrected chi connectivity index (χ3v) is 4.45. The molecule has 2 amide bonds. The van der Waals surface area contributed by atoms with Crippen molar-refractivity contribution in [1.82, 2.24) is 15.1 Å². The van der Waals surface area contributed by atoms with E-state index >= 15 is 0 Å². The van der Waals surface area contributed by atoms with Crippen molar-refractivity contribution in [3.63, 3.8) is 0 Å². The molecule has 122 valence electrons. The lowest BCUT2D eigenvalue weighted by molar-refractivity contribution is 0.248. The summed E-state index contributed by atoms with van der Waals surface area (Å²) >= 11 is 5.95. The SMILES string of the molecule is Cc1cc(NC(=O)NCC2(Cn3cccn3)CC2)c(Cl)cc1F. The van der Waals surface area contributed by atoms with Gasteiger partial charge in [0.15, 0.2) is 0 Å². The van der Waals surface area contributed by atoms with Gasteiger partial charge >= 0.3 is 6.03 Å². The highest BCUT2D eigenvalue weighted by Crippen LogP contribution is 2.46. The third kappa shape index (κ3) is 3.82. The average molecular weight is 337 g/mol. The molecule has 0 unspecified atom stereocenters. The molecule has 23 heavy (non-hydrogen) atoms. The van der Waals surface area contributed by atoms with Crippen molar-refractivity contribution >= 4 is 23.3 Å². The minimum Gasteiger partial charge on any atom is -0.337 e. The molecule has 1 aliphatic rings. The quantitative estimate of drug-likeness (QED) is 0.876. The first-order chi connectivity index (χ1) is 11.0. The zero-order chi connectivity index (χ0) is 16.4. The van der Waals surface area contributed by atoms with Crippen LogP contribution in [0, 0.1) is 18.2 Å². The van der Waals surface area contributed by atoms with Crippen LogP contribution in [0.15, 0.2) is 30.6 Å². The van der Waals surface area contributed by atoms with Crippen molar-refractivity contribution in [2.75, 3.05) is 11.9 Å². The highest BCUT2D eigenvalue weighted by molar-refractivity contribution is 6.33. The minimum absolute atomic E-state index is 0.0753. The molecule has 1 aliphatic carbocycles. The van der Waals surface area contributed by atoms with Crippen LogP contribution in [0.5, 0.6) is 0 Å². The summed E-state index contributed by atoms with van der Waals surface area (Å²) in [7, 11) is 0. The summed E-state index contributed by atoms with van der Waals surface area (Å²) in [4.78, 5) is 12.0. The van der Waals surface area contributed by atoms with Crippen LogP contribution in [0.4, 0.5) is 14.9 Å². The molecule has 0 bridgehead atoms. The van der Waals surface area contributed by atoms with Crippen molar-refractivity contribution in [2.24, 2.45) is 5.41 Å². The van der Waals surface area contributed by atoms with Crippen molar-refractivity contribution in [3.8, 4) is 0 Å². The van der Waals surface area contributed by atoms with Gasteiger partial charge in [-0.1, -0.05) is 11.6 Å². The van der Waals surface area contributed by atoms with E-state index in [2.05, 4.69) is 15.7 Å². The number of anilines is 1. The molecular weight excluding hydrogens is 319 g/mol. The Kier molecular flexibility index (Phi) is 4.26. The molecule has 0 aliphatic heterocycles. The number of halogens is 2. The lowest BCUT2D eigenvalue weighted by Gasteiger charge is -2.17. The van der Waals surface area contributed by atoms with Crippen molar-refractivity contribution in [3.05, 3.63) is 47.0 Å². The standard InChI is InChI=1S/C16H18ClFN4O/c1-11-7-14(12(17)8-13(11)18)21-15(23)19-9-16(3-4-16)10-22-6-2-5-20-22/h2,5-8H,3-4,9-10H2,1H3,(H2,19,21,23). The molecule has 0 spiro atoms. The molecule has 0 saturated heterocycles. The lowest BCUT2D eigenvalue weighted by atomic mass is 10.1. The first kappa shape index (κ1) is 15.8. The molecule has 1 heterocycles. The summed E-state index contributed by atoms with van der Waals surface area (Å²) in [5, 5.41) is 9.91. The number of aromatic nitrogens is 2. The topological polar surface area (TPSA) is 59.0 Å². The first-order valence-corrected chi connectivity index (χ1v) is 7.83. The summed E-state index contributed by atoms with van der Waals surface area (Å²) in [6, 6.07) is 4.26. The highest BCUT2D eigenvalue weighted by Gasteiger charge is 2.43. The zero-order valence-electron chi connectivity index (χ0n) is 12.8. The minimum atomic E-state index is -0.392. The van der Waals surface area contributed by atoms with Crippen LogP contribution in [-0.4, -0.2) is 22.4 Å². The van der Waals surface area contributed by atoms with E-state index in [4.69, 9.17) is 11.6 Å². The second-order valence-corrected chi connectivity index (χ2v) is 6.50. The van der Waals surface area contributed by atoms with E-state index in [0.29, 0.717) is 17.8 Å². The van der Waals surface area contributed by atoms with Gasteiger partial charge in [0.2, 0.25) is 0 Å². The summed E-state index contributed by atoms with van der Waals surface area (Å²) in [6.07, 6.45) is 5.78. The van der Waals surface area contributed by atoms with Gasteiger partial charge in [-0.3, -0.25) is 4.68 Å². The molecule has 5 nitrogen and oxygen atoms in total. The molecular formula is C16H18ClFN4O. The van der Waals surface area contributed by atoms with Crippen molar-refractivity contribution < 1.29 is 9.18 Å². The largest absolute Gasteiger partial charge is 0.337 e. The zero-order valence-corrected chi connectivity index (χ0v) is 13.5. The fourth-order valence-electron chi connectivity index (χ4n) is 2.49. The predicted octanol–water partition coefficient (Wildman–Crippen LogP) is 3.59. The number of hydrogen-bond acceptors (Lipinski definition) is 2. The Morgan fingerprint density at radius 2 is 2.26 bits per heavy atom. The molecule has 2 N–H and O–H groups in total. The average Bonchev–Trinajstić information content (AvgIpc) is 3.07. The van der Waals surface area contributed by atoms with Gasteiger partial charge in [-0.25, -0.2) is 9.18 Å². The second kappa shape index (κ2) is 6.20. The number of amides is 2. The Morgan fingerprint density at radius 3 is 2.91 bits per heavy atom. The molecule has 1 aromatic heterocycles. The van der Waals surface area contributed by atoms with E-state index in [9.17, 15) is 9.18 Å². The summed E-state index contributed by atoms with van der Waals surface area (Å²) in [6.45, 7) is 2.98. The van der Waals surface area contributed by atoms with Crippen molar-refractivity contribution in [1.29, 1.82) is 0 Å². The Balaban J connectivity index is 1.55. The molecule has 0 radical (unpaired) electrons. The van der Waals surface area contributed by atoms with E-state index in [-0.39, 0.29) is 16.5 Å². The Labute approximate surface area is 138 Å². The van der Waals surface area contributed by atoms with Crippen LogP contribution in [0.25, 0.3) is 0 Å². The van der Waals surface area contributed by atoms with Crippen LogP contribution in [0.2, 0.25) is 5.02 Å². The van der Waals surface area contributed by atoms with Gasteiger partial charge < -0.3 is 10.6 Å². The first-order valence-electron chi connectivity index (χ1n) is 7.45. The van der Waals surface area contributed by atoms with Crippen LogP contribution >= 0.6 is 11.6 Å². The summed E-state index contributed by atoms with van der Waals surface area (Å²) in [5.41, 5.74) is 0.910. The van der Waals surface area contributed by atoms with E-state index in [1.54, 1.807) is 13.1 Å². The van der Waals surface area contributed by atoms with E-state index in [1.165, 1.54) is 12.1 Å². The number of nitrogens with one attached hydrogen (secondary N) is 2. The number of benzene rings is 1. The Morgan fingerprint density at radius 1 is 1.48 bits per heavy atom.